The van der Waals surface area contributed by atoms with Gasteiger partial charge in [0.05, 0.1) is 0 Å². The molecule has 4 aliphatic rings. The fourth-order valence-corrected chi connectivity index (χ4v) is 5.71. The van der Waals surface area contributed by atoms with Crippen molar-refractivity contribution in [3.8, 4) is 0 Å². The van der Waals surface area contributed by atoms with E-state index in [1.54, 1.807) is 0 Å². The van der Waals surface area contributed by atoms with Gasteiger partial charge in [-0.3, -0.25) is 4.79 Å². The van der Waals surface area contributed by atoms with Gasteiger partial charge in [-0.2, -0.15) is 0 Å². The van der Waals surface area contributed by atoms with Gasteiger partial charge in [-0.15, -0.1) is 0 Å². The van der Waals surface area contributed by atoms with Crippen molar-refractivity contribution in [2.45, 2.75) is 88.8 Å². The molecule has 2 heterocycles. The summed E-state index contributed by atoms with van der Waals surface area (Å²) in [5, 5.41) is 2.99. The third-order valence-electron chi connectivity index (χ3n) is 7.19. The molecule has 1 spiro atoms. The Bertz CT molecular complexity index is 519. The molecule has 0 aromatic heterocycles. The minimum absolute atomic E-state index is 0.00338. The molecular weight excluding hydrogens is 304 g/mol. The molecule has 2 aliphatic heterocycles. The summed E-state index contributed by atoms with van der Waals surface area (Å²) in [6.07, 6.45) is 10.0. The highest BCUT2D eigenvalue weighted by atomic mass is 16.6. The van der Waals surface area contributed by atoms with Gasteiger partial charge in [-0.25, -0.2) is 4.79 Å². The summed E-state index contributed by atoms with van der Waals surface area (Å²) in [5.41, 5.74) is 0.0529. The topological polar surface area (TPSA) is 58.6 Å². The number of nitrogens with zero attached hydrogens (tertiary/aromatic N) is 1. The molecule has 2 saturated carbocycles. The number of carbonyl (C=O) groups is 2. The van der Waals surface area contributed by atoms with E-state index in [1.165, 1.54) is 6.42 Å². The zero-order valence-corrected chi connectivity index (χ0v) is 14.8. The Labute approximate surface area is 144 Å². The van der Waals surface area contributed by atoms with Gasteiger partial charge in [0.25, 0.3) is 0 Å². The van der Waals surface area contributed by atoms with E-state index in [9.17, 15) is 9.59 Å². The second-order valence-electron chi connectivity index (χ2n) is 8.36. The third kappa shape index (κ3) is 2.60. The lowest BCUT2D eigenvalue weighted by molar-refractivity contribution is -0.140. The normalized spacial score (nSPS) is 39.5. The second-order valence-corrected chi connectivity index (χ2v) is 8.36. The quantitative estimate of drug-likeness (QED) is 0.843. The Kier molecular flexibility index (Phi) is 4.21. The molecule has 0 aromatic rings. The van der Waals surface area contributed by atoms with Crippen molar-refractivity contribution in [3.63, 3.8) is 0 Å². The molecule has 1 N–H and O–H groups in total. The molecule has 2 aliphatic carbocycles. The number of hydrogen-bond acceptors (Lipinski definition) is 3. The summed E-state index contributed by atoms with van der Waals surface area (Å²) in [7, 11) is 0. The standard InChI is InChI=1S/C19H30N2O3/c1-13-15-7-3-8-17(22)21-12-4-10-19(15,21)11-9-16(13)24-18(23)20-14-5-2-6-14/h13-16H,2-12H2,1H3,(H,20,23)/t13-,15+,16+,19-/m1/s1. The van der Waals surface area contributed by atoms with Crippen LogP contribution in [0.5, 0.6) is 0 Å². The van der Waals surface area contributed by atoms with Gasteiger partial charge in [0, 0.05) is 24.5 Å². The van der Waals surface area contributed by atoms with Crippen LogP contribution in [0.3, 0.4) is 0 Å². The van der Waals surface area contributed by atoms with Crippen molar-refractivity contribution in [2.24, 2.45) is 11.8 Å². The van der Waals surface area contributed by atoms with E-state index in [4.69, 9.17) is 4.74 Å². The molecule has 24 heavy (non-hydrogen) atoms. The first kappa shape index (κ1) is 16.2. The van der Waals surface area contributed by atoms with E-state index < -0.39 is 0 Å². The summed E-state index contributed by atoms with van der Waals surface area (Å²) >= 11 is 0. The third-order valence-corrected chi connectivity index (χ3v) is 7.19. The average Bonchev–Trinajstić information content (AvgIpc) is 2.88. The van der Waals surface area contributed by atoms with E-state index in [-0.39, 0.29) is 17.7 Å². The smallest absolute Gasteiger partial charge is 0.407 e. The molecule has 0 aromatic carbocycles. The van der Waals surface area contributed by atoms with E-state index >= 15 is 0 Å². The van der Waals surface area contributed by atoms with Gasteiger partial charge in [0.15, 0.2) is 0 Å². The zero-order chi connectivity index (χ0) is 16.7. The highest BCUT2D eigenvalue weighted by molar-refractivity contribution is 5.78. The monoisotopic (exact) mass is 334 g/mol. The summed E-state index contributed by atoms with van der Waals surface area (Å²) in [4.78, 5) is 26.9. The van der Waals surface area contributed by atoms with Crippen molar-refractivity contribution in [2.75, 3.05) is 6.54 Å². The van der Waals surface area contributed by atoms with Gasteiger partial charge in [-0.05, 0) is 69.6 Å². The molecule has 5 heteroatoms. The van der Waals surface area contributed by atoms with Crippen LogP contribution < -0.4 is 5.32 Å². The number of rotatable bonds is 2. The van der Waals surface area contributed by atoms with Gasteiger partial charge < -0.3 is 15.0 Å². The summed E-state index contributed by atoms with van der Waals surface area (Å²) < 4.78 is 5.82. The molecule has 2 saturated heterocycles. The first-order chi connectivity index (χ1) is 11.6. The first-order valence-corrected chi connectivity index (χ1v) is 9.88. The Morgan fingerprint density at radius 1 is 1.17 bits per heavy atom. The number of nitrogens with one attached hydrogen (secondary N) is 1. The van der Waals surface area contributed by atoms with Crippen molar-refractivity contribution in [3.05, 3.63) is 0 Å². The van der Waals surface area contributed by atoms with E-state index in [0.717, 1.165) is 57.9 Å². The van der Waals surface area contributed by atoms with Crippen LogP contribution in [0.4, 0.5) is 4.79 Å². The van der Waals surface area contributed by atoms with Crippen LogP contribution in [0.25, 0.3) is 0 Å². The van der Waals surface area contributed by atoms with Crippen molar-refractivity contribution in [1.29, 1.82) is 0 Å². The summed E-state index contributed by atoms with van der Waals surface area (Å²) in [5.74, 6) is 1.16. The van der Waals surface area contributed by atoms with Crippen LogP contribution in [-0.4, -0.2) is 41.1 Å². The lowest BCUT2D eigenvalue weighted by Crippen LogP contribution is -2.58. The maximum atomic E-state index is 12.5. The minimum Gasteiger partial charge on any atom is -0.446 e. The first-order valence-electron chi connectivity index (χ1n) is 9.88. The van der Waals surface area contributed by atoms with E-state index in [1.807, 2.05) is 0 Å². The lowest BCUT2D eigenvalue weighted by atomic mass is 9.64. The maximum Gasteiger partial charge on any atom is 0.407 e. The van der Waals surface area contributed by atoms with Crippen LogP contribution in [0.2, 0.25) is 0 Å². The molecule has 0 bridgehead atoms. The van der Waals surface area contributed by atoms with Gasteiger partial charge in [0.1, 0.15) is 6.10 Å². The van der Waals surface area contributed by atoms with Crippen LogP contribution in [0.1, 0.15) is 71.1 Å². The molecule has 4 rings (SSSR count). The predicted octanol–water partition coefficient (Wildman–Crippen LogP) is 3.22. The van der Waals surface area contributed by atoms with E-state index in [0.29, 0.717) is 30.2 Å². The predicted molar refractivity (Wildman–Crippen MR) is 90.5 cm³/mol. The Balaban J connectivity index is 1.46. The van der Waals surface area contributed by atoms with Crippen LogP contribution in [0.15, 0.2) is 0 Å². The average molecular weight is 334 g/mol. The van der Waals surface area contributed by atoms with Gasteiger partial charge in [0.2, 0.25) is 5.91 Å². The van der Waals surface area contributed by atoms with Crippen LogP contribution >= 0.6 is 0 Å². The number of ether oxygens (including phenoxy) is 1. The Morgan fingerprint density at radius 2 is 2.00 bits per heavy atom. The molecule has 5 nitrogen and oxygen atoms in total. The van der Waals surface area contributed by atoms with Crippen molar-refractivity contribution >= 4 is 12.0 Å². The van der Waals surface area contributed by atoms with Crippen molar-refractivity contribution in [1.82, 2.24) is 10.2 Å². The Hall–Kier alpha value is -1.26. The number of carbonyl (C=O) groups excluding carboxylic acids is 2. The number of amides is 2. The largest absolute Gasteiger partial charge is 0.446 e. The van der Waals surface area contributed by atoms with Gasteiger partial charge in [-0.1, -0.05) is 6.92 Å². The van der Waals surface area contributed by atoms with E-state index in [2.05, 4.69) is 17.1 Å². The lowest BCUT2D eigenvalue weighted by Gasteiger charge is -2.51. The molecule has 2 amide bonds. The highest BCUT2D eigenvalue weighted by Crippen LogP contribution is 2.52. The minimum atomic E-state index is -0.236. The fourth-order valence-electron chi connectivity index (χ4n) is 5.71. The molecule has 134 valence electrons. The van der Waals surface area contributed by atoms with Crippen LogP contribution in [0, 0.1) is 11.8 Å². The molecule has 4 fully saturated rings. The van der Waals surface area contributed by atoms with Crippen molar-refractivity contribution < 1.29 is 14.3 Å². The Morgan fingerprint density at radius 3 is 2.75 bits per heavy atom. The molecule has 0 radical (unpaired) electrons. The second kappa shape index (κ2) is 6.23. The number of hydrogen-bond donors (Lipinski definition) is 1. The molecular formula is C19H30N2O3. The maximum absolute atomic E-state index is 12.5. The highest BCUT2D eigenvalue weighted by Gasteiger charge is 2.55. The molecule has 0 unspecified atom stereocenters. The zero-order valence-electron chi connectivity index (χ0n) is 14.8. The van der Waals surface area contributed by atoms with Gasteiger partial charge >= 0.3 is 6.09 Å². The van der Waals surface area contributed by atoms with Crippen LogP contribution in [-0.2, 0) is 9.53 Å². The number of alkyl carbamates (subject to hydrolysis) is 1. The fraction of sp³-hybridized carbons (Fsp3) is 0.895. The summed E-state index contributed by atoms with van der Waals surface area (Å²) in [6, 6.07) is 0.323. The molecule has 4 atom stereocenters. The SMILES string of the molecule is C[C@H]1[C@@H](OC(=O)NC2CCC2)CC[C@@]23CCCN2C(=O)CCC[C@@H]13. The summed E-state index contributed by atoms with van der Waals surface area (Å²) in [6.45, 7) is 3.16.